The van der Waals surface area contributed by atoms with Crippen molar-refractivity contribution in [3.05, 3.63) is 36.5 Å². The van der Waals surface area contributed by atoms with Gasteiger partial charge >= 0.3 is 11.9 Å². The van der Waals surface area contributed by atoms with Gasteiger partial charge in [-0.2, -0.15) is 0 Å². The fourth-order valence-electron chi connectivity index (χ4n) is 5.61. The molecule has 0 fully saturated rings. The number of allylic oxidation sites excluding steroid dienone is 6. The minimum absolute atomic E-state index is 0.0332. The van der Waals surface area contributed by atoms with E-state index in [-0.39, 0.29) is 26.1 Å². The Bertz CT molecular complexity index is 1010. The number of quaternary nitrogens is 1. The zero-order valence-electron chi connectivity index (χ0n) is 34.7. The van der Waals surface area contributed by atoms with Crippen LogP contribution in [0.15, 0.2) is 36.5 Å². The van der Waals surface area contributed by atoms with Gasteiger partial charge in [-0.25, -0.2) is 0 Å². The average molecular weight is 770 g/mol. The Hall–Kier alpha value is -1.77. The first-order chi connectivity index (χ1) is 25.5. The van der Waals surface area contributed by atoms with E-state index >= 15 is 0 Å². The lowest BCUT2D eigenvalue weighted by molar-refractivity contribution is -0.870. The van der Waals surface area contributed by atoms with E-state index in [2.05, 4.69) is 50.3 Å². The maximum Gasteiger partial charge on any atom is 0.306 e. The summed E-state index contributed by atoms with van der Waals surface area (Å²) in [6.45, 7) is 4.09. The molecule has 0 bridgehead atoms. The van der Waals surface area contributed by atoms with Gasteiger partial charge in [-0.05, 0) is 44.9 Å². The first-order valence-electron chi connectivity index (χ1n) is 21.2. The van der Waals surface area contributed by atoms with Gasteiger partial charge in [-0.15, -0.1) is 0 Å². The summed E-state index contributed by atoms with van der Waals surface area (Å²) in [5, 5.41) is 0. The maximum atomic E-state index is 12.6. The number of phosphoric ester groups is 1. The zero-order chi connectivity index (χ0) is 39.3. The lowest BCUT2D eigenvalue weighted by atomic mass is 10.0. The molecule has 10 heteroatoms. The molecule has 0 aromatic rings. The molecule has 0 aliphatic carbocycles. The number of ether oxygens (including phenoxy) is 2. The molecular formula is C43H80NO8P. The van der Waals surface area contributed by atoms with Crippen molar-refractivity contribution >= 4 is 19.8 Å². The average Bonchev–Trinajstić information content (AvgIpc) is 3.10. The highest BCUT2D eigenvalue weighted by molar-refractivity contribution is 7.45. The second-order valence-corrected chi connectivity index (χ2v) is 16.7. The molecule has 53 heavy (non-hydrogen) atoms. The summed E-state index contributed by atoms with van der Waals surface area (Å²) in [6, 6.07) is 0. The molecule has 0 aliphatic rings. The van der Waals surface area contributed by atoms with Gasteiger partial charge in [-0.1, -0.05) is 153 Å². The summed E-state index contributed by atoms with van der Waals surface area (Å²) in [5.74, 6) is -0.852. The molecule has 0 spiro atoms. The summed E-state index contributed by atoms with van der Waals surface area (Å²) in [5.41, 5.74) is 0. The number of esters is 2. The van der Waals surface area contributed by atoms with E-state index in [1.54, 1.807) is 0 Å². The summed E-state index contributed by atoms with van der Waals surface area (Å²) < 4.78 is 33.8. The van der Waals surface area contributed by atoms with Crippen LogP contribution in [0.3, 0.4) is 0 Å². The molecular weight excluding hydrogens is 689 g/mol. The second kappa shape index (κ2) is 35.9. The third-order valence-corrected chi connectivity index (χ3v) is 9.89. The molecule has 0 amide bonds. The molecule has 310 valence electrons. The first kappa shape index (κ1) is 51.2. The lowest BCUT2D eigenvalue weighted by Gasteiger charge is -2.28. The van der Waals surface area contributed by atoms with Gasteiger partial charge in [0.2, 0.25) is 0 Å². The Labute approximate surface area is 325 Å². The molecule has 0 heterocycles. The van der Waals surface area contributed by atoms with Gasteiger partial charge in [0.1, 0.15) is 19.8 Å². The smallest absolute Gasteiger partial charge is 0.306 e. The molecule has 2 atom stereocenters. The number of nitrogens with zero attached hydrogens (tertiary/aromatic N) is 1. The monoisotopic (exact) mass is 770 g/mol. The predicted octanol–water partition coefficient (Wildman–Crippen LogP) is 11.1. The van der Waals surface area contributed by atoms with Gasteiger partial charge in [0.25, 0.3) is 7.82 Å². The van der Waals surface area contributed by atoms with Crippen LogP contribution in [0.2, 0.25) is 0 Å². The summed E-state index contributed by atoms with van der Waals surface area (Å²) in [6.07, 6.45) is 38.8. The highest BCUT2D eigenvalue weighted by Crippen LogP contribution is 2.38. The zero-order valence-corrected chi connectivity index (χ0v) is 35.6. The third kappa shape index (κ3) is 39.7. The number of hydrogen-bond acceptors (Lipinski definition) is 8. The van der Waals surface area contributed by atoms with Crippen molar-refractivity contribution in [1.82, 2.24) is 0 Å². The SMILES string of the molecule is CC/C=C\C/C=C\C/C=C\CCCCCCCC(=O)OC[C@H](COP(=O)([O-])OCC[N+](C)(C)C)OC(=O)CCCCCCCCCCCCCCCC. The highest BCUT2D eigenvalue weighted by Gasteiger charge is 2.21. The van der Waals surface area contributed by atoms with Gasteiger partial charge in [0, 0.05) is 12.8 Å². The molecule has 0 saturated carbocycles. The minimum Gasteiger partial charge on any atom is -0.756 e. The van der Waals surface area contributed by atoms with Crippen LogP contribution in [0.5, 0.6) is 0 Å². The summed E-state index contributed by atoms with van der Waals surface area (Å²) in [4.78, 5) is 37.5. The highest BCUT2D eigenvalue weighted by atomic mass is 31.2. The van der Waals surface area contributed by atoms with Crippen LogP contribution in [0.4, 0.5) is 0 Å². The molecule has 0 radical (unpaired) electrons. The van der Waals surface area contributed by atoms with E-state index in [1.165, 1.54) is 64.2 Å². The quantitative estimate of drug-likeness (QED) is 0.0201. The van der Waals surface area contributed by atoms with E-state index in [9.17, 15) is 19.0 Å². The van der Waals surface area contributed by atoms with E-state index in [4.69, 9.17) is 18.5 Å². The van der Waals surface area contributed by atoms with Crippen LogP contribution in [0.25, 0.3) is 0 Å². The van der Waals surface area contributed by atoms with Crippen LogP contribution >= 0.6 is 7.82 Å². The molecule has 9 nitrogen and oxygen atoms in total. The fourth-order valence-corrected chi connectivity index (χ4v) is 6.34. The lowest BCUT2D eigenvalue weighted by Crippen LogP contribution is -2.37. The third-order valence-electron chi connectivity index (χ3n) is 8.92. The van der Waals surface area contributed by atoms with Gasteiger partial charge in [0.05, 0.1) is 27.7 Å². The van der Waals surface area contributed by atoms with Crippen molar-refractivity contribution in [3.8, 4) is 0 Å². The second-order valence-electron chi connectivity index (χ2n) is 15.3. The van der Waals surface area contributed by atoms with Gasteiger partial charge in [0.15, 0.2) is 6.10 Å². The van der Waals surface area contributed by atoms with Crippen molar-refractivity contribution in [2.75, 3.05) is 47.5 Å². The fraction of sp³-hybridized carbons (Fsp3) is 0.814. The molecule has 0 N–H and O–H groups in total. The van der Waals surface area contributed by atoms with Crippen LogP contribution in [0, 0.1) is 0 Å². The molecule has 0 aliphatic heterocycles. The van der Waals surface area contributed by atoms with Crippen molar-refractivity contribution in [3.63, 3.8) is 0 Å². The Morgan fingerprint density at radius 3 is 1.60 bits per heavy atom. The number of unbranched alkanes of at least 4 members (excludes halogenated alkanes) is 18. The number of hydrogen-bond donors (Lipinski definition) is 0. The van der Waals surface area contributed by atoms with Gasteiger partial charge in [-0.3, -0.25) is 14.2 Å². The maximum absolute atomic E-state index is 12.6. The van der Waals surface area contributed by atoms with Crippen LogP contribution in [0.1, 0.15) is 174 Å². The van der Waals surface area contributed by atoms with Crippen molar-refractivity contribution < 1.29 is 42.1 Å². The van der Waals surface area contributed by atoms with E-state index in [1.807, 2.05) is 21.1 Å². The van der Waals surface area contributed by atoms with Crippen molar-refractivity contribution in [2.24, 2.45) is 0 Å². The topological polar surface area (TPSA) is 111 Å². The van der Waals surface area contributed by atoms with Gasteiger partial charge < -0.3 is 27.9 Å². The number of likely N-dealkylation sites (N-methyl/N-ethyl adjacent to an activating group) is 1. The standard InChI is InChI=1S/C43H80NO8P/c1-6-8-10-12-14-16-18-20-22-24-25-27-29-31-33-35-42(45)49-39-41(40-51-53(47,48)50-38-37-44(3,4)5)52-43(46)36-34-32-30-28-26-23-21-19-17-15-13-11-9-7-2/h8,10,14,16,20,22,41H,6-7,9,11-13,15,17-19,21,23-40H2,1-5H3/b10-8-,16-14-,22-20-/t41-/m1/s1. The number of carbonyl (C=O) groups is 2. The molecule has 1 unspecified atom stereocenters. The van der Waals surface area contributed by atoms with Crippen molar-refractivity contribution in [2.45, 2.75) is 180 Å². The number of phosphoric acid groups is 1. The summed E-state index contributed by atoms with van der Waals surface area (Å²) in [7, 11) is 1.16. The van der Waals surface area contributed by atoms with Crippen LogP contribution < -0.4 is 4.89 Å². The predicted molar refractivity (Wildman–Crippen MR) is 217 cm³/mol. The minimum atomic E-state index is -4.62. The largest absolute Gasteiger partial charge is 0.756 e. The number of carbonyl (C=O) groups excluding carboxylic acids is 2. The molecule has 0 rings (SSSR count). The summed E-state index contributed by atoms with van der Waals surface area (Å²) >= 11 is 0. The first-order valence-corrected chi connectivity index (χ1v) is 22.7. The Morgan fingerprint density at radius 2 is 1.08 bits per heavy atom. The normalized spacial score (nSPS) is 14.0. The van der Waals surface area contributed by atoms with Crippen molar-refractivity contribution in [1.29, 1.82) is 0 Å². The molecule has 0 aromatic heterocycles. The van der Waals surface area contributed by atoms with E-state index < -0.39 is 32.5 Å². The molecule has 0 aromatic carbocycles. The van der Waals surface area contributed by atoms with Crippen LogP contribution in [-0.4, -0.2) is 70.0 Å². The van der Waals surface area contributed by atoms with E-state index in [0.29, 0.717) is 23.9 Å². The van der Waals surface area contributed by atoms with E-state index in [0.717, 1.165) is 70.6 Å². The Balaban J connectivity index is 4.40. The Morgan fingerprint density at radius 1 is 0.604 bits per heavy atom. The Kier molecular flexibility index (Phi) is 34.7. The van der Waals surface area contributed by atoms with Crippen LogP contribution in [-0.2, 0) is 32.7 Å². The molecule has 0 saturated heterocycles. The number of rotatable bonds is 38.